The highest BCUT2D eigenvalue weighted by Crippen LogP contribution is 2.31. The molecule has 0 spiro atoms. The third-order valence-electron chi connectivity index (χ3n) is 4.00. The molecule has 0 atom stereocenters. The van der Waals surface area contributed by atoms with Crippen molar-refractivity contribution in [3.8, 4) is 22.8 Å². The highest BCUT2D eigenvalue weighted by atomic mass is 19.1. The Bertz CT molecular complexity index is 1150. The SMILES string of the molecule is O=C(O)c1cc(-c2ccc(-c3ccccc3F)o2)nc2ccc(F)cc12. The maximum absolute atomic E-state index is 13.9. The summed E-state index contributed by atoms with van der Waals surface area (Å²) in [6.45, 7) is 0. The molecule has 1 N–H and O–H groups in total. The Labute approximate surface area is 146 Å². The van der Waals surface area contributed by atoms with E-state index in [1.165, 1.54) is 24.3 Å². The summed E-state index contributed by atoms with van der Waals surface area (Å²) in [6.07, 6.45) is 0. The van der Waals surface area contributed by atoms with E-state index in [0.29, 0.717) is 16.8 Å². The molecule has 2 aromatic heterocycles. The lowest BCUT2D eigenvalue weighted by Gasteiger charge is -2.06. The van der Waals surface area contributed by atoms with Gasteiger partial charge in [-0.15, -0.1) is 0 Å². The first-order valence-electron chi connectivity index (χ1n) is 7.71. The zero-order valence-electron chi connectivity index (χ0n) is 13.2. The van der Waals surface area contributed by atoms with Gasteiger partial charge in [0.15, 0.2) is 5.76 Å². The summed E-state index contributed by atoms with van der Waals surface area (Å²) in [4.78, 5) is 15.9. The fraction of sp³-hybridized carbons (Fsp3) is 0. The van der Waals surface area contributed by atoms with Crippen LogP contribution in [0.4, 0.5) is 8.78 Å². The third kappa shape index (κ3) is 2.71. The molecule has 4 rings (SSSR count). The predicted molar refractivity (Wildman–Crippen MR) is 91.8 cm³/mol. The van der Waals surface area contributed by atoms with Crippen LogP contribution in [0.15, 0.2) is 65.1 Å². The molecule has 0 fully saturated rings. The molecule has 128 valence electrons. The molecule has 0 unspecified atom stereocenters. The van der Waals surface area contributed by atoms with Crippen LogP contribution in [0.5, 0.6) is 0 Å². The second-order valence-corrected chi connectivity index (χ2v) is 5.67. The van der Waals surface area contributed by atoms with Gasteiger partial charge in [-0.05, 0) is 48.5 Å². The number of benzene rings is 2. The zero-order chi connectivity index (χ0) is 18.3. The summed E-state index contributed by atoms with van der Waals surface area (Å²) in [6, 6.07) is 14.4. The average molecular weight is 351 g/mol. The Kier molecular flexibility index (Phi) is 3.73. The van der Waals surface area contributed by atoms with E-state index in [4.69, 9.17) is 4.42 Å². The third-order valence-corrected chi connectivity index (χ3v) is 4.00. The van der Waals surface area contributed by atoms with Gasteiger partial charge in [0.05, 0.1) is 16.6 Å². The molecule has 0 saturated carbocycles. The van der Waals surface area contributed by atoms with Crippen molar-refractivity contribution in [2.75, 3.05) is 0 Å². The van der Waals surface area contributed by atoms with Crippen molar-refractivity contribution in [1.82, 2.24) is 4.98 Å². The van der Waals surface area contributed by atoms with Gasteiger partial charge in [0.1, 0.15) is 23.1 Å². The molecule has 2 aromatic carbocycles. The van der Waals surface area contributed by atoms with Crippen LogP contribution in [0.1, 0.15) is 10.4 Å². The van der Waals surface area contributed by atoms with Gasteiger partial charge in [0, 0.05) is 5.39 Å². The monoisotopic (exact) mass is 351 g/mol. The van der Waals surface area contributed by atoms with E-state index in [2.05, 4.69) is 4.98 Å². The highest BCUT2D eigenvalue weighted by molar-refractivity contribution is 6.03. The van der Waals surface area contributed by atoms with Gasteiger partial charge >= 0.3 is 5.97 Å². The number of carbonyl (C=O) groups is 1. The summed E-state index contributed by atoms with van der Waals surface area (Å²) in [5.41, 5.74) is 0.794. The molecule has 0 amide bonds. The van der Waals surface area contributed by atoms with Gasteiger partial charge in [0.2, 0.25) is 0 Å². The first kappa shape index (κ1) is 16.0. The molecule has 4 aromatic rings. The van der Waals surface area contributed by atoms with Crippen molar-refractivity contribution in [2.24, 2.45) is 0 Å². The Morgan fingerprint density at radius 3 is 2.50 bits per heavy atom. The Morgan fingerprint density at radius 1 is 0.962 bits per heavy atom. The Balaban J connectivity index is 1.86. The fourth-order valence-electron chi connectivity index (χ4n) is 2.78. The number of carboxylic acids is 1. The number of halogens is 2. The predicted octanol–water partition coefficient (Wildman–Crippen LogP) is 5.14. The van der Waals surface area contributed by atoms with Crippen LogP contribution in [-0.2, 0) is 0 Å². The summed E-state index contributed by atoms with van der Waals surface area (Å²) in [7, 11) is 0. The first-order chi connectivity index (χ1) is 12.5. The number of nitrogens with zero attached hydrogens (tertiary/aromatic N) is 1. The van der Waals surface area contributed by atoms with E-state index in [1.54, 1.807) is 30.3 Å². The van der Waals surface area contributed by atoms with Crippen LogP contribution in [-0.4, -0.2) is 16.1 Å². The normalized spacial score (nSPS) is 11.0. The van der Waals surface area contributed by atoms with E-state index in [-0.39, 0.29) is 22.4 Å². The maximum atomic E-state index is 13.9. The van der Waals surface area contributed by atoms with Crippen molar-refractivity contribution < 1.29 is 23.1 Å². The number of hydrogen-bond acceptors (Lipinski definition) is 3. The standard InChI is InChI=1S/C20H11F2NO3/c21-11-5-6-16-13(9-11)14(20(24)25)10-17(23-16)19-8-7-18(26-19)12-3-1-2-4-15(12)22/h1-10H,(H,24,25). The molecular formula is C20H11F2NO3. The number of furan rings is 1. The van der Waals surface area contributed by atoms with E-state index >= 15 is 0 Å². The van der Waals surface area contributed by atoms with Crippen molar-refractivity contribution >= 4 is 16.9 Å². The van der Waals surface area contributed by atoms with Crippen LogP contribution < -0.4 is 0 Å². The van der Waals surface area contributed by atoms with Crippen LogP contribution in [0.25, 0.3) is 33.7 Å². The van der Waals surface area contributed by atoms with E-state index in [1.807, 2.05) is 0 Å². The first-order valence-corrected chi connectivity index (χ1v) is 7.71. The number of hydrogen-bond donors (Lipinski definition) is 1. The van der Waals surface area contributed by atoms with Gasteiger partial charge < -0.3 is 9.52 Å². The molecule has 6 heteroatoms. The average Bonchev–Trinajstić information content (AvgIpc) is 3.11. The summed E-state index contributed by atoms with van der Waals surface area (Å²) in [5.74, 6) is -1.59. The number of aromatic carboxylic acids is 1. The summed E-state index contributed by atoms with van der Waals surface area (Å²) in [5, 5.41) is 9.63. The minimum absolute atomic E-state index is 0.0895. The van der Waals surface area contributed by atoms with Crippen molar-refractivity contribution in [2.45, 2.75) is 0 Å². The quantitative estimate of drug-likeness (QED) is 0.555. The maximum Gasteiger partial charge on any atom is 0.336 e. The second kappa shape index (κ2) is 6.07. The second-order valence-electron chi connectivity index (χ2n) is 5.67. The van der Waals surface area contributed by atoms with E-state index in [9.17, 15) is 18.7 Å². The van der Waals surface area contributed by atoms with Gasteiger partial charge in [-0.2, -0.15) is 0 Å². The van der Waals surface area contributed by atoms with Gasteiger partial charge in [-0.25, -0.2) is 18.6 Å². The van der Waals surface area contributed by atoms with Crippen molar-refractivity contribution in [3.05, 3.63) is 77.9 Å². The van der Waals surface area contributed by atoms with Crippen molar-refractivity contribution in [3.63, 3.8) is 0 Å². The lowest BCUT2D eigenvalue weighted by Crippen LogP contribution is -2.00. The minimum atomic E-state index is -1.20. The van der Waals surface area contributed by atoms with E-state index in [0.717, 1.165) is 6.07 Å². The topological polar surface area (TPSA) is 63.3 Å². The summed E-state index contributed by atoms with van der Waals surface area (Å²) < 4.78 is 33.0. The highest BCUT2D eigenvalue weighted by Gasteiger charge is 2.16. The smallest absolute Gasteiger partial charge is 0.336 e. The molecule has 0 aliphatic rings. The Hall–Kier alpha value is -3.54. The van der Waals surface area contributed by atoms with Gasteiger partial charge in [-0.1, -0.05) is 12.1 Å². The van der Waals surface area contributed by atoms with Crippen molar-refractivity contribution in [1.29, 1.82) is 0 Å². The lowest BCUT2D eigenvalue weighted by molar-refractivity contribution is 0.0699. The number of pyridine rings is 1. The van der Waals surface area contributed by atoms with Crippen LogP contribution in [0.2, 0.25) is 0 Å². The molecular weight excluding hydrogens is 340 g/mol. The minimum Gasteiger partial charge on any atom is -0.478 e. The molecule has 0 radical (unpaired) electrons. The molecule has 2 heterocycles. The molecule has 26 heavy (non-hydrogen) atoms. The number of aromatic nitrogens is 1. The van der Waals surface area contributed by atoms with Gasteiger partial charge in [-0.3, -0.25) is 0 Å². The number of rotatable bonds is 3. The molecule has 0 saturated heterocycles. The molecule has 0 aliphatic carbocycles. The van der Waals surface area contributed by atoms with Crippen LogP contribution in [0, 0.1) is 11.6 Å². The number of carboxylic acid groups (broad SMARTS) is 1. The zero-order valence-corrected chi connectivity index (χ0v) is 13.2. The molecule has 0 bridgehead atoms. The van der Waals surface area contributed by atoms with Crippen LogP contribution >= 0.6 is 0 Å². The largest absolute Gasteiger partial charge is 0.478 e. The molecule has 0 aliphatic heterocycles. The fourth-order valence-corrected chi connectivity index (χ4v) is 2.78. The number of fused-ring (bicyclic) bond motifs is 1. The van der Waals surface area contributed by atoms with Crippen LogP contribution in [0.3, 0.4) is 0 Å². The summed E-state index contributed by atoms with van der Waals surface area (Å²) >= 11 is 0. The van der Waals surface area contributed by atoms with E-state index < -0.39 is 17.6 Å². The molecule has 4 nitrogen and oxygen atoms in total. The Morgan fingerprint density at radius 2 is 1.73 bits per heavy atom. The lowest BCUT2D eigenvalue weighted by atomic mass is 10.1. The van der Waals surface area contributed by atoms with Gasteiger partial charge in [0.25, 0.3) is 0 Å².